The van der Waals surface area contributed by atoms with Gasteiger partial charge in [-0.15, -0.1) is 12.4 Å². The van der Waals surface area contributed by atoms with Crippen LogP contribution in [0.25, 0.3) is 0 Å². The lowest BCUT2D eigenvalue weighted by Gasteiger charge is -2.38. The Morgan fingerprint density at radius 2 is 1.92 bits per heavy atom. The van der Waals surface area contributed by atoms with Gasteiger partial charge in [0.25, 0.3) is 0 Å². The number of carbonyl (C=O) groups is 1. The molecule has 0 spiro atoms. The smallest absolute Gasteiger partial charge is 0.223 e. The number of hydrogen-bond acceptors (Lipinski definition) is 3. The Morgan fingerprint density at radius 3 is 2.58 bits per heavy atom. The van der Waals surface area contributed by atoms with E-state index >= 15 is 0 Å². The van der Waals surface area contributed by atoms with E-state index in [2.05, 4.69) is 12.2 Å². The third-order valence-electron chi connectivity index (χ3n) is 5.54. The van der Waals surface area contributed by atoms with Gasteiger partial charge in [-0.05, 0) is 62.4 Å². The molecule has 1 N–H and O–H groups in total. The highest BCUT2D eigenvalue weighted by molar-refractivity contribution is 5.85. The maximum Gasteiger partial charge on any atom is 0.223 e. The number of halogens is 2. The van der Waals surface area contributed by atoms with Crippen molar-refractivity contribution in [1.29, 1.82) is 0 Å². The minimum absolute atomic E-state index is 0. The highest BCUT2D eigenvalue weighted by Gasteiger charge is 2.31. The molecule has 6 heteroatoms. The van der Waals surface area contributed by atoms with E-state index in [0.29, 0.717) is 31.3 Å². The number of benzene rings is 1. The summed E-state index contributed by atoms with van der Waals surface area (Å²) in [7, 11) is 0. The normalized spacial score (nSPS) is 25.4. The van der Waals surface area contributed by atoms with Crippen molar-refractivity contribution < 1.29 is 13.9 Å². The first-order valence-corrected chi connectivity index (χ1v) is 9.42. The van der Waals surface area contributed by atoms with Gasteiger partial charge >= 0.3 is 0 Å². The molecule has 0 aliphatic carbocycles. The molecule has 2 aliphatic heterocycles. The molecule has 1 aromatic rings. The molecule has 1 aromatic carbocycles. The summed E-state index contributed by atoms with van der Waals surface area (Å²) >= 11 is 0. The van der Waals surface area contributed by atoms with Crippen molar-refractivity contribution >= 4 is 18.3 Å². The Balaban J connectivity index is 0.00000243. The Hall–Kier alpha value is -1.17. The summed E-state index contributed by atoms with van der Waals surface area (Å²) in [6, 6.07) is 6.39. The van der Waals surface area contributed by atoms with Crippen LogP contribution in [0.1, 0.15) is 44.8 Å². The second-order valence-corrected chi connectivity index (χ2v) is 7.55. The van der Waals surface area contributed by atoms with Gasteiger partial charge < -0.3 is 15.0 Å². The number of carbonyl (C=O) groups excluding carboxylic acids is 1. The van der Waals surface area contributed by atoms with Crippen molar-refractivity contribution in [2.75, 3.05) is 26.2 Å². The van der Waals surface area contributed by atoms with E-state index in [0.717, 1.165) is 31.5 Å². The van der Waals surface area contributed by atoms with E-state index < -0.39 is 0 Å². The van der Waals surface area contributed by atoms with E-state index in [-0.39, 0.29) is 36.3 Å². The van der Waals surface area contributed by atoms with Crippen LogP contribution in [0.15, 0.2) is 24.3 Å². The second-order valence-electron chi connectivity index (χ2n) is 7.55. The van der Waals surface area contributed by atoms with E-state index in [1.807, 2.05) is 11.8 Å². The average Bonchev–Trinajstić information content (AvgIpc) is 2.62. The number of ether oxygens (including phenoxy) is 1. The molecule has 0 radical (unpaired) electrons. The molecule has 26 heavy (non-hydrogen) atoms. The maximum absolute atomic E-state index is 13.1. The summed E-state index contributed by atoms with van der Waals surface area (Å²) in [6.45, 7) is 7.50. The van der Waals surface area contributed by atoms with E-state index in [4.69, 9.17) is 4.74 Å². The molecular weight excluding hydrogens is 355 g/mol. The predicted molar refractivity (Wildman–Crippen MR) is 103 cm³/mol. The van der Waals surface area contributed by atoms with Crippen LogP contribution in [0.3, 0.4) is 0 Å². The van der Waals surface area contributed by atoms with Gasteiger partial charge in [-0.2, -0.15) is 0 Å². The Kier molecular flexibility index (Phi) is 7.86. The zero-order valence-electron chi connectivity index (χ0n) is 15.6. The minimum Gasteiger partial charge on any atom is -0.367 e. The third kappa shape index (κ3) is 5.41. The maximum atomic E-state index is 13.1. The fraction of sp³-hybridized carbons (Fsp3) is 0.650. The first-order valence-electron chi connectivity index (χ1n) is 9.42. The SMILES string of the molecule is CC1CN(C(=O)CC(C)C2CCNCC2)CC(c2ccc(F)cc2)O1.Cl. The first-order chi connectivity index (χ1) is 12.0. The lowest BCUT2D eigenvalue weighted by molar-refractivity contribution is -0.146. The van der Waals surface area contributed by atoms with Crippen molar-refractivity contribution in [3.8, 4) is 0 Å². The van der Waals surface area contributed by atoms with Crippen LogP contribution >= 0.6 is 12.4 Å². The summed E-state index contributed by atoms with van der Waals surface area (Å²) in [4.78, 5) is 14.8. The van der Waals surface area contributed by atoms with E-state index in [1.54, 1.807) is 12.1 Å². The van der Waals surface area contributed by atoms with Crippen LogP contribution < -0.4 is 5.32 Å². The van der Waals surface area contributed by atoms with E-state index in [9.17, 15) is 9.18 Å². The van der Waals surface area contributed by atoms with Crippen molar-refractivity contribution in [2.24, 2.45) is 11.8 Å². The number of piperidine rings is 1. The van der Waals surface area contributed by atoms with Crippen LogP contribution in [0.2, 0.25) is 0 Å². The number of nitrogens with zero attached hydrogens (tertiary/aromatic N) is 1. The quantitative estimate of drug-likeness (QED) is 0.862. The topological polar surface area (TPSA) is 41.6 Å². The van der Waals surface area contributed by atoms with Crippen molar-refractivity contribution in [1.82, 2.24) is 10.2 Å². The fourth-order valence-electron chi connectivity index (χ4n) is 4.00. The molecule has 1 amide bonds. The van der Waals surface area contributed by atoms with Crippen LogP contribution in [0, 0.1) is 17.7 Å². The number of amides is 1. The molecule has 0 bridgehead atoms. The molecule has 3 rings (SSSR count). The number of hydrogen-bond donors (Lipinski definition) is 1. The van der Waals surface area contributed by atoms with Gasteiger partial charge in [0.1, 0.15) is 11.9 Å². The Labute approximate surface area is 161 Å². The summed E-state index contributed by atoms with van der Waals surface area (Å²) < 4.78 is 19.1. The lowest BCUT2D eigenvalue weighted by Crippen LogP contribution is -2.46. The molecule has 2 heterocycles. The standard InChI is InChI=1S/C20H29FN2O2.ClH/c1-14(16-7-9-22-10-8-16)11-20(24)23-12-15(2)25-19(13-23)17-3-5-18(21)6-4-17;/h3-6,14-16,19,22H,7-13H2,1-2H3;1H. The molecule has 2 saturated heterocycles. The third-order valence-corrected chi connectivity index (χ3v) is 5.54. The second kappa shape index (κ2) is 9.67. The molecule has 2 aliphatic rings. The highest BCUT2D eigenvalue weighted by Crippen LogP contribution is 2.28. The highest BCUT2D eigenvalue weighted by atomic mass is 35.5. The summed E-state index contributed by atoms with van der Waals surface area (Å²) in [5.74, 6) is 1.01. The van der Waals surface area contributed by atoms with Crippen molar-refractivity contribution in [3.05, 3.63) is 35.6 Å². The number of rotatable bonds is 4. The number of morpholine rings is 1. The van der Waals surface area contributed by atoms with Gasteiger partial charge in [-0.3, -0.25) is 4.79 Å². The van der Waals surface area contributed by atoms with Crippen LogP contribution in [-0.2, 0) is 9.53 Å². The van der Waals surface area contributed by atoms with Crippen molar-refractivity contribution in [3.63, 3.8) is 0 Å². The molecule has 3 atom stereocenters. The van der Waals surface area contributed by atoms with Gasteiger partial charge in [0.2, 0.25) is 5.91 Å². The summed E-state index contributed by atoms with van der Waals surface area (Å²) in [6.07, 6.45) is 2.73. The molecule has 146 valence electrons. The van der Waals surface area contributed by atoms with Crippen molar-refractivity contribution in [2.45, 2.75) is 45.3 Å². The van der Waals surface area contributed by atoms with Gasteiger partial charge in [0.05, 0.1) is 12.6 Å². The largest absolute Gasteiger partial charge is 0.367 e. The zero-order chi connectivity index (χ0) is 17.8. The van der Waals surface area contributed by atoms with Crippen LogP contribution in [0.5, 0.6) is 0 Å². The Morgan fingerprint density at radius 1 is 1.27 bits per heavy atom. The van der Waals surface area contributed by atoms with E-state index in [1.165, 1.54) is 12.1 Å². The fourth-order valence-corrected chi connectivity index (χ4v) is 4.00. The lowest BCUT2D eigenvalue weighted by atomic mass is 9.84. The molecule has 2 fully saturated rings. The van der Waals surface area contributed by atoms with Gasteiger partial charge in [0.15, 0.2) is 0 Å². The van der Waals surface area contributed by atoms with Gasteiger partial charge in [0, 0.05) is 13.0 Å². The predicted octanol–water partition coefficient (Wildman–Crippen LogP) is 3.56. The molecule has 0 aromatic heterocycles. The molecule has 4 nitrogen and oxygen atoms in total. The molecule has 3 unspecified atom stereocenters. The molecular formula is C20H30ClFN2O2. The first kappa shape index (κ1) is 21.1. The summed E-state index contributed by atoms with van der Waals surface area (Å²) in [5, 5.41) is 3.38. The summed E-state index contributed by atoms with van der Waals surface area (Å²) in [5.41, 5.74) is 0.928. The monoisotopic (exact) mass is 384 g/mol. The van der Waals surface area contributed by atoms with Crippen LogP contribution in [-0.4, -0.2) is 43.1 Å². The van der Waals surface area contributed by atoms with Gasteiger partial charge in [-0.25, -0.2) is 4.39 Å². The Bertz CT molecular complexity index is 578. The molecule has 0 saturated carbocycles. The zero-order valence-corrected chi connectivity index (χ0v) is 16.4. The number of nitrogens with one attached hydrogen (secondary N) is 1. The van der Waals surface area contributed by atoms with Crippen LogP contribution in [0.4, 0.5) is 4.39 Å². The average molecular weight is 385 g/mol. The van der Waals surface area contributed by atoms with Gasteiger partial charge in [-0.1, -0.05) is 19.1 Å². The minimum atomic E-state index is -0.253.